The van der Waals surface area contributed by atoms with E-state index in [4.69, 9.17) is 5.73 Å². The fraction of sp³-hybridized carbons (Fsp3) is 0.100. The van der Waals surface area contributed by atoms with Gasteiger partial charge in [0.1, 0.15) is 5.82 Å². The van der Waals surface area contributed by atoms with Gasteiger partial charge < -0.3 is 16.0 Å². The van der Waals surface area contributed by atoms with E-state index in [-0.39, 0.29) is 0 Å². The number of hydrogen-bond donors (Lipinski definition) is 3. The Kier molecular flexibility index (Phi) is 3.19. The highest BCUT2D eigenvalue weighted by Crippen LogP contribution is 2.37. The molecule has 0 saturated carbocycles. The molecule has 3 nitrogen and oxygen atoms in total. The molecule has 0 radical (unpaired) electrons. The van der Waals surface area contributed by atoms with Gasteiger partial charge in [0, 0.05) is 35.1 Å². The van der Waals surface area contributed by atoms with Crippen LogP contribution in [0.3, 0.4) is 0 Å². The number of H-pyrrole nitrogens is 1. The fourth-order valence-electron chi connectivity index (χ4n) is 3.13. The second-order valence-electron chi connectivity index (χ2n) is 5.97. The molecule has 4 N–H and O–H groups in total. The van der Waals surface area contributed by atoms with Crippen LogP contribution in [0.4, 0.5) is 11.5 Å². The van der Waals surface area contributed by atoms with Gasteiger partial charge in [0.25, 0.3) is 0 Å². The first-order valence-corrected chi connectivity index (χ1v) is 7.80. The van der Waals surface area contributed by atoms with Crippen LogP contribution in [0.5, 0.6) is 0 Å². The Balaban J connectivity index is 1.83. The highest BCUT2D eigenvalue weighted by atomic mass is 15.0. The lowest BCUT2D eigenvalue weighted by atomic mass is 9.95. The molecule has 0 saturated heterocycles. The minimum Gasteiger partial charge on any atom is -0.398 e. The summed E-state index contributed by atoms with van der Waals surface area (Å²) in [6.45, 7) is 2.94. The van der Waals surface area contributed by atoms with Gasteiger partial charge in [-0.3, -0.25) is 0 Å². The van der Waals surface area contributed by atoms with Gasteiger partial charge in [0.2, 0.25) is 0 Å². The quantitative estimate of drug-likeness (QED) is 0.609. The summed E-state index contributed by atoms with van der Waals surface area (Å²) in [5, 5.41) is 3.48. The molecular formula is C20H19N3. The van der Waals surface area contributed by atoms with Crippen LogP contribution in [-0.4, -0.2) is 11.5 Å². The van der Waals surface area contributed by atoms with E-state index in [1.807, 2.05) is 24.4 Å². The van der Waals surface area contributed by atoms with Crippen LogP contribution in [0, 0.1) is 6.92 Å². The topological polar surface area (TPSA) is 53.8 Å². The van der Waals surface area contributed by atoms with Gasteiger partial charge in [-0.1, -0.05) is 48.0 Å². The molecule has 0 amide bonds. The first-order chi connectivity index (χ1) is 11.2. The number of benzene rings is 2. The predicted octanol–water partition coefficient (Wildman–Crippen LogP) is 4.54. The van der Waals surface area contributed by atoms with Crippen LogP contribution in [-0.2, 0) is 0 Å². The smallest absolute Gasteiger partial charge is 0.111 e. The lowest BCUT2D eigenvalue weighted by Crippen LogP contribution is -2.09. The number of fused-ring (bicyclic) bond motifs is 1. The van der Waals surface area contributed by atoms with Gasteiger partial charge in [0.15, 0.2) is 0 Å². The number of rotatable bonds is 2. The summed E-state index contributed by atoms with van der Waals surface area (Å²) in [5.41, 5.74) is 14.1. The second kappa shape index (κ2) is 5.36. The number of nitrogens with one attached hydrogen (secondary N) is 2. The molecule has 0 unspecified atom stereocenters. The van der Waals surface area contributed by atoms with Gasteiger partial charge >= 0.3 is 0 Å². The summed E-state index contributed by atoms with van der Waals surface area (Å²) in [5.74, 6) is 1.06. The Hall–Kier alpha value is -2.94. The number of aromatic amines is 1. The Morgan fingerprint density at radius 3 is 2.70 bits per heavy atom. The monoisotopic (exact) mass is 301 g/mol. The minimum absolute atomic E-state index is 0.797. The molecule has 1 aliphatic rings. The summed E-state index contributed by atoms with van der Waals surface area (Å²) >= 11 is 0. The van der Waals surface area contributed by atoms with Crippen molar-refractivity contribution in [1.82, 2.24) is 4.98 Å². The molecule has 0 atom stereocenters. The third kappa shape index (κ3) is 2.40. The van der Waals surface area contributed by atoms with Crippen molar-refractivity contribution < 1.29 is 0 Å². The van der Waals surface area contributed by atoms with E-state index < -0.39 is 0 Å². The molecule has 2 heterocycles. The standard InChI is InChI=1S/C20H19N3/c1-13-5-4-6-14(9-13)15-10-17-18(12-23-20(17)22-11-15)16-7-2-3-8-19(16)21/h2-10,12,22-23H,11,21H2,1H3. The SMILES string of the molecule is Cc1cccc(C2=Cc3c(-c4ccccc4N)c[nH]c3NC2)c1. The Bertz CT molecular complexity index is 903. The number of anilines is 2. The maximum Gasteiger partial charge on any atom is 0.111 e. The van der Waals surface area contributed by atoms with Gasteiger partial charge in [-0.05, 0) is 30.2 Å². The molecule has 3 heteroatoms. The number of aryl methyl sites for hydroxylation is 1. The molecule has 3 aromatic rings. The molecule has 0 fully saturated rings. The van der Waals surface area contributed by atoms with E-state index in [2.05, 4.69) is 53.6 Å². The third-order valence-corrected chi connectivity index (χ3v) is 4.33. The number of hydrogen-bond acceptors (Lipinski definition) is 2. The first kappa shape index (κ1) is 13.7. The molecule has 1 aliphatic heterocycles. The first-order valence-electron chi connectivity index (χ1n) is 7.80. The van der Waals surface area contributed by atoms with E-state index in [0.717, 1.165) is 29.2 Å². The average Bonchev–Trinajstić information content (AvgIpc) is 2.98. The van der Waals surface area contributed by atoms with Crippen molar-refractivity contribution in [2.24, 2.45) is 0 Å². The van der Waals surface area contributed by atoms with Crippen LogP contribution in [0.2, 0.25) is 0 Å². The van der Waals surface area contributed by atoms with Gasteiger partial charge in [-0.25, -0.2) is 0 Å². The lowest BCUT2D eigenvalue weighted by molar-refractivity contribution is 1.25. The predicted molar refractivity (Wildman–Crippen MR) is 98.2 cm³/mol. The van der Waals surface area contributed by atoms with Gasteiger partial charge in [-0.2, -0.15) is 0 Å². The van der Waals surface area contributed by atoms with Crippen LogP contribution < -0.4 is 11.1 Å². The summed E-state index contributed by atoms with van der Waals surface area (Å²) < 4.78 is 0. The van der Waals surface area contributed by atoms with Crippen molar-refractivity contribution in [3.8, 4) is 11.1 Å². The van der Waals surface area contributed by atoms with Crippen molar-refractivity contribution in [2.45, 2.75) is 6.92 Å². The minimum atomic E-state index is 0.797. The molecule has 23 heavy (non-hydrogen) atoms. The Labute approximate surface area is 135 Å². The number of para-hydroxylation sites is 1. The zero-order valence-electron chi connectivity index (χ0n) is 13.1. The zero-order chi connectivity index (χ0) is 15.8. The average molecular weight is 301 g/mol. The lowest BCUT2D eigenvalue weighted by Gasteiger charge is -2.17. The Morgan fingerprint density at radius 1 is 1.00 bits per heavy atom. The summed E-state index contributed by atoms with van der Waals surface area (Å²) in [7, 11) is 0. The van der Waals surface area contributed by atoms with E-state index in [9.17, 15) is 0 Å². The van der Waals surface area contributed by atoms with Crippen molar-refractivity contribution in [1.29, 1.82) is 0 Å². The van der Waals surface area contributed by atoms with E-state index in [1.54, 1.807) is 0 Å². The van der Waals surface area contributed by atoms with Gasteiger partial charge in [-0.15, -0.1) is 0 Å². The van der Waals surface area contributed by atoms with E-state index in [1.165, 1.54) is 22.3 Å². The maximum atomic E-state index is 6.16. The van der Waals surface area contributed by atoms with Crippen molar-refractivity contribution in [3.63, 3.8) is 0 Å². The Morgan fingerprint density at radius 2 is 1.87 bits per heavy atom. The summed E-state index contributed by atoms with van der Waals surface area (Å²) in [4.78, 5) is 3.32. The molecule has 1 aromatic heterocycles. The molecule has 0 bridgehead atoms. The second-order valence-corrected chi connectivity index (χ2v) is 5.97. The zero-order valence-corrected chi connectivity index (χ0v) is 13.1. The highest BCUT2D eigenvalue weighted by molar-refractivity contribution is 5.97. The van der Waals surface area contributed by atoms with Crippen molar-refractivity contribution >= 4 is 23.2 Å². The molecular weight excluding hydrogens is 282 g/mol. The normalized spacial score (nSPS) is 13.2. The van der Waals surface area contributed by atoms with E-state index in [0.29, 0.717) is 0 Å². The number of nitrogens with two attached hydrogens (primary N) is 1. The molecule has 0 spiro atoms. The van der Waals surface area contributed by atoms with Crippen LogP contribution in [0.25, 0.3) is 22.8 Å². The molecule has 4 rings (SSSR count). The third-order valence-electron chi connectivity index (χ3n) is 4.33. The number of aromatic nitrogens is 1. The molecule has 114 valence electrons. The van der Waals surface area contributed by atoms with Crippen molar-refractivity contribution in [2.75, 3.05) is 17.6 Å². The number of nitrogen functional groups attached to an aromatic ring is 1. The molecule has 2 aromatic carbocycles. The van der Waals surface area contributed by atoms with Crippen LogP contribution in [0.1, 0.15) is 16.7 Å². The molecule has 0 aliphatic carbocycles. The van der Waals surface area contributed by atoms with Crippen LogP contribution in [0.15, 0.2) is 54.7 Å². The fourth-order valence-corrected chi connectivity index (χ4v) is 3.13. The summed E-state index contributed by atoms with van der Waals surface area (Å²) in [6, 6.07) is 16.6. The van der Waals surface area contributed by atoms with E-state index >= 15 is 0 Å². The highest BCUT2D eigenvalue weighted by Gasteiger charge is 2.18. The summed E-state index contributed by atoms with van der Waals surface area (Å²) in [6.07, 6.45) is 4.29. The maximum absolute atomic E-state index is 6.16. The largest absolute Gasteiger partial charge is 0.398 e. The van der Waals surface area contributed by atoms with Crippen molar-refractivity contribution in [3.05, 3.63) is 71.4 Å². The van der Waals surface area contributed by atoms with Gasteiger partial charge in [0.05, 0.1) is 0 Å². The van der Waals surface area contributed by atoms with Crippen LogP contribution >= 0.6 is 0 Å².